The molecule has 13 heavy (non-hydrogen) atoms. The summed E-state index contributed by atoms with van der Waals surface area (Å²) < 4.78 is 0. The lowest BCUT2D eigenvalue weighted by Crippen LogP contribution is -2.38. The van der Waals surface area contributed by atoms with Gasteiger partial charge in [-0.1, -0.05) is 6.92 Å². The van der Waals surface area contributed by atoms with Crippen LogP contribution in [0.3, 0.4) is 0 Å². The number of nitrogens with one attached hydrogen (secondary N) is 1. The minimum absolute atomic E-state index is 0.0105. The molecule has 0 aromatic rings. The standard InChI is InChI=1S/C9H16N2O2/c1-7-4-3-5-11(2)8(12)6-10-9(7)13/h7H,3-6H2,1-2H3,(H,10,13)/t7-/m1/s1. The summed E-state index contributed by atoms with van der Waals surface area (Å²) in [5.41, 5.74) is 0. The van der Waals surface area contributed by atoms with E-state index in [0.29, 0.717) is 0 Å². The molecule has 1 atom stereocenters. The molecular formula is C9H16N2O2. The molecule has 1 heterocycles. The van der Waals surface area contributed by atoms with E-state index in [9.17, 15) is 9.59 Å². The highest BCUT2D eigenvalue weighted by Gasteiger charge is 2.18. The van der Waals surface area contributed by atoms with Crippen molar-refractivity contribution in [2.75, 3.05) is 20.1 Å². The number of hydrogen-bond donors (Lipinski definition) is 1. The van der Waals surface area contributed by atoms with Crippen molar-refractivity contribution in [3.05, 3.63) is 0 Å². The summed E-state index contributed by atoms with van der Waals surface area (Å²) in [7, 11) is 1.77. The molecule has 0 radical (unpaired) electrons. The Morgan fingerprint density at radius 3 is 2.85 bits per heavy atom. The van der Waals surface area contributed by atoms with Crippen molar-refractivity contribution in [2.45, 2.75) is 19.8 Å². The van der Waals surface area contributed by atoms with Crippen LogP contribution in [0.4, 0.5) is 0 Å². The first-order valence-electron chi connectivity index (χ1n) is 4.63. The number of rotatable bonds is 0. The lowest BCUT2D eigenvalue weighted by atomic mass is 10.1. The number of hydrogen-bond acceptors (Lipinski definition) is 2. The Morgan fingerprint density at radius 1 is 1.46 bits per heavy atom. The molecule has 0 bridgehead atoms. The van der Waals surface area contributed by atoms with Gasteiger partial charge >= 0.3 is 0 Å². The van der Waals surface area contributed by atoms with Crippen LogP contribution in [0.15, 0.2) is 0 Å². The second-order valence-electron chi connectivity index (χ2n) is 3.58. The van der Waals surface area contributed by atoms with Crippen LogP contribution < -0.4 is 5.32 Å². The summed E-state index contributed by atoms with van der Waals surface area (Å²) in [4.78, 5) is 24.2. The van der Waals surface area contributed by atoms with Crippen LogP contribution in [0.2, 0.25) is 0 Å². The average molecular weight is 184 g/mol. The van der Waals surface area contributed by atoms with Crippen LogP contribution in [0, 0.1) is 5.92 Å². The lowest BCUT2D eigenvalue weighted by molar-refractivity contribution is -0.132. The molecule has 1 aliphatic heterocycles. The number of carbonyl (C=O) groups is 2. The molecule has 1 saturated heterocycles. The van der Waals surface area contributed by atoms with Crippen molar-refractivity contribution < 1.29 is 9.59 Å². The van der Waals surface area contributed by atoms with Gasteiger partial charge < -0.3 is 10.2 Å². The summed E-state index contributed by atoms with van der Waals surface area (Å²) in [6.07, 6.45) is 1.75. The topological polar surface area (TPSA) is 49.4 Å². The fourth-order valence-corrected chi connectivity index (χ4v) is 1.36. The second kappa shape index (κ2) is 4.25. The molecule has 0 aromatic heterocycles. The fraction of sp³-hybridized carbons (Fsp3) is 0.778. The highest BCUT2D eigenvalue weighted by molar-refractivity contribution is 5.85. The van der Waals surface area contributed by atoms with Gasteiger partial charge in [0, 0.05) is 19.5 Å². The molecule has 1 aliphatic rings. The summed E-state index contributed by atoms with van der Waals surface area (Å²) in [6, 6.07) is 0. The van der Waals surface area contributed by atoms with Gasteiger partial charge in [0.05, 0.1) is 6.54 Å². The van der Waals surface area contributed by atoms with Crippen LogP contribution in [0.25, 0.3) is 0 Å². The first-order chi connectivity index (χ1) is 6.11. The Labute approximate surface area is 78.3 Å². The first kappa shape index (κ1) is 10.0. The van der Waals surface area contributed by atoms with Crippen LogP contribution in [0.5, 0.6) is 0 Å². The van der Waals surface area contributed by atoms with E-state index in [1.807, 2.05) is 6.92 Å². The molecular weight excluding hydrogens is 168 g/mol. The minimum atomic E-state index is -0.0116. The van der Waals surface area contributed by atoms with Crippen molar-refractivity contribution in [2.24, 2.45) is 5.92 Å². The summed E-state index contributed by atoms with van der Waals surface area (Å²) in [5.74, 6) is 0.00500. The quantitative estimate of drug-likeness (QED) is 0.575. The van der Waals surface area contributed by atoms with Gasteiger partial charge in [0.1, 0.15) is 0 Å². The predicted molar refractivity (Wildman–Crippen MR) is 49.0 cm³/mol. The molecule has 1 N–H and O–H groups in total. The van der Waals surface area contributed by atoms with Crippen LogP contribution >= 0.6 is 0 Å². The molecule has 2 amide bonds. The number of amides is 2. The maximum absolute atomic E-state index is 11.3. The van der Waals surface area contributed by atoms with E-state index >= 15 is 0 Å². The van der Waals surface area contributed by atoms with Gasteiger partial charge in [0.15, 0.2) is 0 Å². The molecule has 0 unspecified atom stereocenters. The lowest BCUT2D eigenvalue weighted by Gasteiger charge is -2.14. The van der Waals surface area contributed by atoms with Crippen molar-refractivity contribution in [1.29, 1.82) is 0 Å². The van der Waals surface area contributed by atoms with Gasteiger partial charge in [-0.15, -0.1) is 0 Å². The number of nitrogens with zero attached hydrogens (tertiary/aromatic N) is 1. The van der Waals surface area contributed by atoms with E-state index in [0.717, 1.165) is 19.4 Å². The predicted octanol–water partition coefficient (Wildman–Crippen LogP) is -0.00910. The van der Waals surface area contributed by atoms with E-state index in [1.165, 1.54) is 0 Å². The Bertz CT molecular complexity index is 194. The second-order valence-corrected chi connectivity index (χ2v) is 3.58. The fourth-order valence-electron chi connectivity index (χ4n) is 1.36. The monoisotopic (exact) mass is 184 g/mol. The Hall–Kier alpha value is -1.06. The normalized spacial score (nSPS) is 26.0. The van der Waals surface area contributed by atoms with Gasteiger partial charge in [-0.3, -0.25) is 9.59 Å². The maximum atomic E-state index is 11.3. The summed E-state index contributed by atoms with van der Waals surface area (Å²) >= 11 is 0. The Kier molecular flexibility index (Phi) is 3.28. The Balaban J connectivity index is 2.57. The van der Waals surface area contributed by atoms with E-state index in [4.69, 9.17) is 0 Å². The highest BCUT2D eigenvalue weighted by atomic mass is 16.2. The number of carbonyl (C=O) groups excluding carboxylic acids is 2. The van der Waals surface area contributed by atoms with Gasteiger partial charge in [0.2, 0.25) is 11.8 Å². The molecule has 0 spiro atoms. The zero-order chi connectivity index (χ0) is 9.84. The number of likely N-dealkylation sites (N-methyl/N-ethyl adjacent to an activating group) is 1. The largest absolute Gasteiger partial charge is 0.347 e. The third-order valence-electron chi connectivity index (χ3n) is 2.42. The van der Waals surface area contributed by atoms with Gasteiger partial charge in [-0.25, -0.2) is 0 Å². The summed E-state index contributed by atoms with van der Waals surface area (Å²) in [6.45, 7) is 2.78. The molecule has 0 saturated carbocycles. The van der Waals surface area contributed by atoms with Crippen molar-refractivity contribution in [3.63, 3.8) is 0 Å². The third-order valence-corrected chi connectivity index (χ3v) is 2.42. The van der Waals surface area contributed by atoms with Crippen LogP contribution in [0.1, 0.15) is 19.8 Å². The Morgan fingerprint density at radius 2 is 2.15 bits per heavy atom. The van der Waals surface area contributed by atoms with Crippen LogP contribution in [-0.2, 0) is 9.59 Å². The smallest absolute Gasteiger partial charge is 0.241 e. The van der Waals surface area contributed by atoms with Crippen molar-refractivity contribution >= 4 is 11.8 Å². The summed E-state index contributed by atoms with van der Waals surface area (Å²) in [5, 5.41) is 2.62. The van der Waals surface area contributed by atoms with Gasteiger partial charge in [-0.2, -0.15) is 0 Å². The minimum Gasteiger partial charge on any atom is -0.347 e. The van der Waals surface area contributed by atoms with Crippen molar-refractivity contribution in [1.82, 2.24) is 10.2 Å². The average Bonchev–Trinajstić information content (AvgIpc) is 2.15. The molecule has 0 aromatic carbocycles. The van der Waals surface area contributed by atoms with E-state index in [2.05, 4.69) is 5.32 Å². The maximum Gasteiger partial charge on any atom is 0.241 e. The first-order valence-corrected chi connectivity index (χ1v) is 4.63. The van der Waals surface area contributed by atoms with Gasteiger partial charge in [0.25, 0.3) is 0 Å². The van der Waals surface area contributed by atoms with Crippen molar-refractivity contribution in [3.8, 4) is 0 Å². The van der Waals surface area contributed by atoms with Crippen LogP contribution in [-0.4, -0.2) is 36.9 Å². The molecule has 4 nitrogen and oxygen atoms in total. The molecule has 1 fully saturated rings. The van der Waals surface area contributed by atoms with Gasteiger partial charge in [-0.05, 0) is 12.8 Å². The molecule has 74 valence electrons. The molecule has 4 heteroatoms. The molecule has 0 aliphatic carbocycles. The third kappa shape index (κ3) is 2.72. The van der Waals surface area contributed by atoms with E-state index in [-0.39, 0.29) is 24.3 Å². The highest BCUT2D eigenvalue weighted by Crippen LogP contribution is 2.07. The van der Waals surface area contributed by atoms with E-state index in [1.54, 1.807) is 11.9 Å². The molecule has 1 rings (SSSR count). The zero-order valence-electron chi connectivity index (χ0n) is 8.17. The zero-order valence-corrected chi connectivity index (χ0v) is 8.17. The van der Waals surface area contributed by atoms with E-state index < -0.39 is 0 Å². The SMILES string of the molecule is C[C@@H]1CCCN(C)C(=O)CNC1=O.